The van der Waals surface area contributed by atoms with E-state index in [-0.39, 0.29) is 0 Å². The molecule has 1 N–H and O–H groups in total. The SMILES string of the molecule is CCNC1CCC(N(C)CCc2cccnc2)CC1. The first-order valence-electron chi connectivity index (χ1n) is 7.62. The number of rotatable bonds is 6. The molecular formula is C16H27N3. The molecule has 0 bridgehead atoms. The Balaban J connectivity index is 1.71. The smallest absolute Gasteiger partial charge is 0.0300 e. The average Bonchev–Trinajstić information content (AvgIpc) is 2.47. The van der Waals surface area contributed by atoms with E-state index in [1.807, 2.05) is 18.5 Å². The Morgan fingerprint density at radius 1 is 1.32 bits per heavy atom. The van der Waals surface area contributed by atoms with Crippen LogP contribution < -0.4 is 5.32 Å². The largest absolute Gasteiger partial charge is 0.314 e. The Hall–Kier alpha value is -0.930. The van der Waals surface area contributed by atoms with Gasteiger partial charge in [0, 0.05) is 31.0 Å². The van der Waals surface area contributed by atoms with Crippen molar-refractivity contribution in [2.45, 2.75) is 51.1 Å². The van der Waals surface area contributed by atoms with E-state index in [9.17, 15) is 0 Å². The molecule has 0 atom stereocenters. The van der Waals surface area contributed by atoms with E-state index in [0.717, 1.165) is 31.6 Å². The molecule has 19 heavy (non-hydrogen) atoms. The fraction of sp³-hybridized carbons (Fsp3) is 0.688. The van der Waals surface area contributed by atoms with Gasteiger partial charge in [0.1, 0.15) is 0 Å². The zero-order valence-corrected chi connectivity index (χ0v) is 12.3. The summed E-state index contributed by atoms with van der Waals surface area (Å²) >= 11 is 0. The first kappa shape index (κ1) is 14.5. The summed E-state index contributed by atoms with van der Waals surface area (Å²) in [4.78, 5) is 6.72. The highest BCUT2D eigenvalue weighted by molar-refractivity contribution is 5.08. The minimum absolute atomic E-state index is 0.757. The third kappa shape index (κ3) is 4.59. The van der Waals surface area contributed by atoms with Gasteiger partial charge >= 0.3 is 0 Å². The highest BCUT2D eigenvalue weighted by Crippen LogP contribution is 2.22. The summed E-state index contributed by atoms with van der Waals surface area (Å²) in [7, 11) is 2.27. The van der Waals surface area contributed by atoms with Crippen molar-refractivity contribution in [2.24, 2.45) is 0 Å². The van der Waals surface area contributed by atoms with Crippen molar-refractivity contribution in [1.82, 2.24) is 15.2 Å². The zero-order chi connectivity index (χ0) is 13.5. The maximum atomic E-state index is 4.18. The maximum absolute atomic E-state index is 4.18. The molecule has 3 heteroatoms. The molecule has 1 saturated carbocycles. The lowest BCUT2D eigenvalue weighted by Crippen LogP contribution is -2.41. The molecule has 1 aliphatic rings. The number of nitrogens with one attached hydrogen (secondary N) is 1. The molecule has 0 radical (unpaired) electrons. The van der Waals surface area contributed by atoms with Gasteiger partial charge in [0.05, 0.1) is 0 Å². The van der Waals surface area contributed by atoms with E-state index in [4.69, 9.17) is 0 Å². The number of pyridine rings is 1. The van der Waals surface area contributed by atoms with Crippen LogP contribution in [0.1, 0.15) is 38.2 Å². The van der Waals surface area contributed by atoms with E-state index in [0.29, 0.717) is 0 Å². The number of hydrogen-bond acceptors (Lipinski definition) is 3. The first-order valence-corrected chi connectivity index (χ1v) is 7.62. The second kappa shape index (κ2) is 7.61. The van der Waals surface area contributed by atoms with Crippen molar-refractivity contribution < 1.29 is 0 Å². The van der Waals surface area contributed by atoms with Gasteiger partial charge in [-0.15, -0.1) is 0 Å². The third-order valence-electron chi connectivity index (χ3n) is 4.29. The van der Waals surface area contributed by atoms with Crippen LogP contribution in [-0.4, -0.2) is 42.1 Å². The Kier molecular flexibility index (Phi) is 5.80. The quantitative estimate of drug-likeness (QED) is 0.852. The third-order valence-corrected chi connectivity index (χ3v) is 4.29. The van der Waals surface area contributed by atoms with E-state index >= 15 is 0 Å². The van der Waals surface area contributed by atoms with Crippen molar-refractivity contribution in [3.63, 3.8) is 0 Å². The molecule has 2 rings (SSSR count). The highest BCUT2D eigenvalue weighted by atomic mass is 15.1. The van der Waals surface area contributed by atoms with Gasteiger partial charge in [0.25, 0.3) is 0 Å². The van der Waals surface area contributed by atoms with Crippen LogP contribution in [0.5, 0.6) is 0 Å². The van der Waals surface area contributed by atoms with Crippen LogP contribution in [0, 0.1) is 0 Å². The maximum Gasteiger partial charge on any atom is 0.0300 e. The molecule has 0 aliphatic heterocycles. The molecule has 0 saturated heterocycles. The van der Waals surface area contributed by atoms with Gasteiger partial charge in [-0.25, -0.2) is 0 Å². The van der Waals surface area contributed by atoms with Crippen LogP contribution >= 0.6 is 0 Å². The molecule has 1 aromatic rings. The predicted molar refractivity (Wildman–Crippen MR) is 80.3 cm³/mol. The summed E-state index contributed by atoms with van der Waals surface area (Å²) in [5, 5.41) is 3.57. The molecule has 1 aliphatic carbocycles. The lowest BCUT2D eigenvalue weighted by atomic mass is 9.90. The Bertz CT molecular complexity index is 344. The van der Waals surface area contributed by atoms with Gasteiger partial charge in [-0.05, 0) is 57.3 Å². The Morgan fingerprint density at radius 2 is 2.11 bits per heavy atom. The van der Waals surface area contributed by atoms with Crippen molar-refractivity contribution in [3.05, 3.63) is 30.1 Å². The standard InChI is InChI=1S/C16H27N3/c1-3-18-15-6-8-16(9-7-15)19(2)12-10-14-5-4-11-17-13-14/h4-5,11,13,15-16,18H,3,6-10,12H2,1-2H3. The number of likely N-dealkylation sites (N-methyl/N-ethyl adjacent to an activating group) is 1. The lowest BCUT2D eigenvalue weighted by Gasteiger charge is -2.35. The van der Waals surface area contributed by atoms with Crippen molar-refractivity contribution in [1.29, 1.82) is 0 Å². The van der Waals surface area contributed by atoms with Crippen LogP contribution in [0.4, 0.5) is 0 Å². The van der Waals surface area contributed by atoms with Gasteiger partial charge in [0.2, 0.25) is 0 Å². The molecule has 0 aromatic carbocycles. The second-order valence-corrected chi connectivity index (χ2v) is 5.66. The average molecular weight is 261 g/mol. The van der Waals surface area contributed by atoms with Crippen molar-refractivity contribution in [2.75, 3.05) is 20.1 Å². The Morgan fingerprint density at radius 3 is 2.74 bits per heavy atom. The van der Waals surface area contributed by atoms with Crippen LogP contribution in [-0.2, 0) is 6.42 Å². The summed E-state index contributed by atoms with van der Waals surface area (Å²) in [5.74, 6) is 0. The van der Waals surface area contributed by atoms with Gasteiger partial charge in [-0.1, -0.05) is 13.0 Å². The molecular weight excluding hydrogens is 234 g/mol. The van der Waals surface area contributed by atoms with Crippen LogP contribution in [0.15, 0.2) is 24.5 Å². The van der Waals surface area contributed by atoms with E-state index in [2.05, 4.69) is 35.2 Å². The normalized spacial score (nSPS) is 23.7. The molecule has 1 heterocycles. The number of hydrogen-bond donors (Lipinski definition) is 1. The topological polar surface area (TPSA) is 28.2 Å². The molecule has 1 aromatic heterocycles. The fourth-order valence-corrected chi connectivity index (χ4v) is 3.04. The monoisotopic (exact) mass is 261 g/mol. The lowest BCUT2D eigenvalue weighted by molar-refractivity contribution is 0.176. The van der Waals surface area contributed by atoms with Crippen LogP contribution in [0.2, 0.25) is 0 Å². The summed E-state index contributed by atoms with van der Waals surface area (Å²) in [6, 6.07) is 5.72. The highest BCUT2D eigenvalue weighted by Gasteiger charge is 2.22. The van der Waals surface area contributed by atoms with Gasteiger partial charge in [0.15, 0.2) is 0 Å². The summed E-state index contributed by atoms with van der Waals surface area (Å²) in [6.45, 7) is 4.44. The summed E-state index contributed by atoms with van der Waals surface area (Å²) < 4.78 is 0. The molecule has 0 spiro atoms. The summed E-state index contributed by atoms with van der Waals surface area (Å²) in [5.41, 5.74) is 1.34. The fourth-order valence-electron chi connectivity index (χ4n) is 3.04. The van der Waals surface area contributed by atoms with Gasteiger partial charge in [-0.3, -0.25) is 4.98 Å². The Labute approximate surface area is 117 Å². The van der Waals surface area contributed by atoms with E-state index < -0.39 is 0 Å². The molecule has 0 amide bonds. The molecule has 106 valence electrons. The van der Waals surface area contributed by atoms with Gasteiger partial charge < -0.3 is 10.2 Å². The minimum atomic E-state index is 0.757. The second-order valence-electron chi connectivity index (χ2n) is 5.66. The predicted octanol–water partition coefficient (Wildman–Crippen LogP) is 2.48. The number of nitrogens with zero attached hydrogens (tertiary/aromatic N) is 2. The minimum Gasteiger partial charge on any atom is -0.314 e. The molecule has 1 fully saturated rings. The van der Waals surface area contributed by atoms with E-state index in [1.54, 1.807) is 0 Å². The van der Waals surface area contributed by atoms with Crippen molar-refractivity contribution in [3.8, 4) is 0 Å². The number of aromatic nitrogens is 1. The van der Waals surface area contributed by atoms with E-state index in [1.165, 1.54) is 31.2 Å². The molecule has 3 nitrogen and oxygen atoms in total. The van der Waals surface area contributed by atoms with Crippen LogP contribution in [0.3, 0.4) is 0 Å². The zero-order valence-electron chi connectivity index (χ0n) is 12.3. The van der Waals surface area contributed by atoms with Crippen LogP contribution in [0.25, 0.3) is 0 Å². The molecule has 0 unspecified atom stereocenters. The van der Waals surface area contributed by atoms with Gasteiger partial charge in [-0.2, -0.15) is 0 Å². The first-order chi connectivity index (χ1) is 9.29. The summed E-state index contributed by atoms with van der Waals surface area (Å²) in [6.07, 6.45) is 10.3. The van der Waals surface area contributed by atoms with Crippen molar-refractivity contribution >= 4 is 0 Å².